The molecule has 0 saturated heterocycles. The van der Waals surface area contributed by atoms with Gasteiger partial charge in [-0.2, -0.15) is 0 Å². The number of benzene rings is 1. The van der Waals surface area contributed by atoms with Crippen LogP contribution in [0.25, 0.3) is 0 Å². The molecule has 0 aromatic heterocycles. The molecule has 0 amide bonds. The number of aromatic hydroxyl groups is 1. The Morgan fingerprint density at radius 2 is 2.00 bits per heavy atom. The highest BCUT2D eigenvalue weighted by Crippen LogP contribution is 2.23. The Bertz CT molecular complexity index is 313. The fourth-order valence-corrected chi connectivity index (χ4v) is 0.957. The van der Waals surface area contributed by atoms with Gasteiger partial charge in [-0.1, -0.05) is 18.2 Å². The first kappa shape index (κ1) is 12.4. The molecule has 0 radical (unpaired) electrons. The first-order chi connectivity index (χ1) is 6.16. The minimum atomic E-state index is -1.42. The number of hydrogen-bond donors (Lipinski definition) is 3. The van der Waals surface area contributed by atoms with Crippen molar-refractivity contribution in [3.63, 3.8) is 0 Å². The zero-order chi connectivity index (χ0) is 9.84. The number of carbonyl (C=O) groups excluding carboxylic acids is 1. The summed E-state index contributed by atoms with van der Waals surface area (Å²) in [4.78, 5) is 10.9. The third-order valence-corrected chi connectivity index (χ3v) is 1.66. The lowest BCUT2D eigenvalue weighted by atomic mass is 10.1. The van der Waals surface area contributed by atoms with E-state index < -0.39 is 12.1 Å². The van der Waals surface area contributed by atoms with Crippen LogP contribution in [0.15, 0.2) is 24.3 Å². The van der Waals surface area contributed by atoms with Crippen LogP contribution in [0.4, 0.5) is 0 Å². The minimum Gasteiger partial charge on any atom is -0.508 e. The van der Waals surface area contributed by atoms with Crippen molar-refractivity contribution >= 4 is 5.97 Å². The molecule has 1 rings (SSSR count). The SMILES string of the molecule is COC(=O)[C@H](O)c1ccccc1O.N. The van der Waals surface area contributed by atoms with Crippen molar-refractivity contribution in [3.8, 4) is 5.75 Å². The molecule has 78 valence electrons. The molecule has 0 aliphatic rings. The van der Waals surface area contributed by atoms with Gasteiger partial charge in [0.2, 0.25) is 0 Å². The molecule has 14 heavy (non-hydrogen) atoms. The van der Waals surface area contributed by atoms with E-state index >= 15 is 0 Å². The Morgan fingerprint density at radius 1 is 1.43 bits per heavy atom. The molecule has 1 aromatic carbocycles. The van der Waals surface area contributed by atoms with Gasteiger partial charge in [0, 0.05) is 5.56 Å². The normalized spacial score (nSPS) is 11.3. The smallest absolute Gasteiger partial charge is 0.339 e. The van der Waals surface area contributed by atoms with Crippen molar-refractivity contribution in [1.29, 1.82) is 0 Å². The average Bonchev–Trinajstić information content (AvgIpc) is 2.16. The maximum Gasteiger partial charge on any atom is 0.339 e. The molecule has 0 aliphatic carbocycles. The van der Waals surface area contributed by atoms with Gasteiger partial charge >= 0.3 is 5.97 Å². The molecule has 1 atom stereocenters. The second-order valence-electron chi connectivity index (χ2n) is 2.48. The van der Waals surface area contributed by atoms with E-state index in [-0.39, 0.29) is 17.5 Å². The Balaban J connectivity index is 0.00000169. The fourth-order valence-electron chi connectivity index (χ4n) is 0.957. The number of phenolic OH excluding ortho intramolecular Hbond substituents is 1. The highest BCUT2D eigenvalue weighted by molar-refractivity contribution is 5.77. The lowest BCUT2D eigenvalue weighted by molar-refractivity contribution is -0.150. The number of phenols is 1. The van der Waals surface area contributed by atoms with Gasteiger partial charge in [0.1, 0.15) is 5.75 Å². The average molecular weight is 199 g/mol. The molecule has 1 aromatic rings. The van der Waals surface area contributed by atoms with E-state index in [1.165, 1.54) is 19.2 Å². The van der Waals surface area contributed by atoms with Crippen molar-refractivity contribution in [2.45, 2.75) is 6.10 Å². The molecular formula is C9H13NO4. The first-order valence-electron chi connectivity index (χ1n) is 3.70. The second-order valence-corrected chi connectivity index (χ2v) is 2.48. The Morgan fingerprint density at radius 3 is 2.50 bits per heavy atom. The zero-order valence-electron chi connectivity index (χ0n) is 7.80. The molecule has 0 unspecified atom stereocenters. The van der Waals surface area contributed by atoms with E-state index in [2.05, 4.69) is 4.74 Å². The van der Waals surface area contributed by atoms with E-state index in [1.54, 1.807) is 12.1 Å². The van der Waals surface area contributed by atoms with Crippen LogP contribution in [0.3, 0.4) is 0 Å². The molecular weight excluding hydrogens is 186 g/mol. The van der Waals surface area contributed by atoms with E-state index in [1.807, 2.05) is 0 Å². The lowest BCUT2D eigenvalue weighted by Gasteiger charge is -2.09. The summed E-state index contributed by atoms with van der Waals surface area (Å²) in [5, 5.41) is 18.6. The molecule has 0 aliphatic heterocycles. The van der Waals surface area contributed by atoms with Crippen LogP contribution in [0.2, 0.25) is 0 Å². The molecule has 5 nitrogen and oxygen atoms in total. The Labute approximate surface area is 81.5 Å². The van der Waals surface area contributed by atoms with Gasteiger partial charge in [-0.25, -0.2) is 4.79 Å². The summed E-state index contributed by atoms with van der Waals surface area (Å²) in [6.45, 7) is 0. The van der Waals surface area contributed by atoms with Crippen LogP contribution in [0.5, 0.6) is 5.75 Å². The van der Waals surface area contributed by atoms with Gasteiger partial charge < -0.3 is 21.1 Å². The van der Waals surface area contributed by atoms with Crippen LogP contribution in [-0.4, -0.2) is 23.3 Å². The van der Waals surface area contributed by atoms with Crippen molar-refractivity contribution in [3.05, 3.63) is 29.8 Å². The van der Waals surface area contributed by atoms with Crippen LogP contribution in [0.1, 0.15) is 11.7 Å². The third-order valence-electron chi connectivity index (χ3n) is 1.66. The summed E-state index contributed by atoms with van der Waals surface area (Å²) < 4.78 is 4.32. The van der Waals surface area contributed by atoms with E-state index in [0.717, 1.165) is 0 Å². The molecule has 0 fully saturated rings. The van der Waals surface area contributed by atoms with Gasteiger partial charge in [-0.05, 0) is 6.07 Å². The summed E-state index contributed by atoms with van der Waals surface area (Å²) >= 11 is 0. The van der Waals surface area contributed by atoms with Crippen LogP contribution < -0.4 is 6.15 Å². The number of hydrogen-bond acceptors (Lipinski definition) is 5. The number of esters is 1. The molecule has 0 saturated carbocycles. The number of aliphatic hydroxyl groups excluding tert-OH is 1. The number of para-hydroxylation sites is 1. The van der Waals surface area contributed by atoms with Crippen molar-refractivity contribution in [1.82, 2.24) is 6.15 Å². The third kappa shape index (κ3) is 2.45. The Hall–Kier alpha value is -1.59. The van der Waals surface area contributed by atoms with Crippen LogP contribution in [0, 0.1) is 0 Å². The maximum absolute atomic E-state index is 10.9. The summed E-state index contributed by atoms with van der Waals surface area (Å²) in [6, 6.07) is 6.06. The predicted molar refractivity (Wildman–Crippen MR) is 50.1 cm³/mol. The summed E-state index contributed by atoms with van der Waals surface area (Å²) in [5.41, 5.74) is 0.148. The van der Waals surface area contributed by atoms with Crippen molar-refractivity contribution < 1.29 is 19.7 Å². The summed E-state index contributed by atoms with van der Waals surface area (Å²) in [5.74, 6) is -0.915. The number of ether oxygens (including phenoxy) is 1. The minimum absolute atomic E-state index is 0. The monoisotopic (exact) mass is 199 g/mol. The number of rotatable bonds is 2. The number of methoxy groups -OCH3 is 1. The van der Waals surface area contributed by atoms with Gasteiger partial charge in [0.05, 0.1) is 7.11 Å². The molecule has 0 spiro atoms. The highest BCUT2D eigenvalue weighted by atomic mass is 16.5. The lowest BCUT2D eigenvalue weighted by Crippen LogP contribution is -2.13. The molecule has 5 N–H and O–H groups in total. The number of aliphatic hydroxyl groups is 1. The molecule has 0 heterocycles. The standard InChI is InChI=1S/C9H10O4.H3N/c1-13-9(12)8(11)6-4-2-3-5-7(6)10;/h2-5,8,10-11H,1H3;1H3/t8-;/m1./s1. The quantitative estimate of drug-likeness (QED) is 0.610. The van der Waals surface area contributed by atoms with Crippen molar-refractivity contribution in [2.75, 3.05) is 7.11 Å². The van der Waals surface area contributed by atoms with E-state index in [4.69, 9.17) is 0 Å². The van der Waals surface area contributed by atoms with Gasteiger partial charge in [-0.15, -0.1) is 0 Å². The van der Waals surface area contributed by atoms with Crippen LogP contribution >= 0.6 is 0 Å². The maximum atomic E-state index is 10.9. The zero-order valence-corrected chi connectivity index (χ0v) is 7.80. The highest BCUT2D eigenvalue weighted by Gasteiger charge is 2.20. The topological polar surface area (TPSA) is 102 Å². The predicted octanol–water partition coefficient (Wildman–Crippen LogP) is 0.761. The summed E-state index contributed by atoms with van der Waals surface area (Å²) in [6.07, 6.45) is -1.42. The number of carbonyl (C=O) groups is 1. The molecule has 5 heteroatoms. The van der Waals surface area contributed by atoms with Crippen molar-refractivity contribution in [2.24, 2.45) is 0 Å². The molecule has 0 bridgehead atoms. The first-order valence-corrected chi connectivity index (χ1v) is 3.70. The fraction of sp³-hybridized carbons (Fsp3) is 0.222. The van der Waals surface area contributed by atoms with Gasteiger partial charge in [0.25, 0.3) is 0 Å². The van der Waals surface area contributed by atoms with Gasteiger partial charge in [0.15, 0.2) is 6.10 Å². The van der Waals surface area contributed by atoms with Crippen LogP contribution in [-0.2, 0) is 9.53 Å². The Kier molecular flexibility index (Phi) is 4.62. The largest absolute Gasteiger partial charge is 0.508 e. The van der Waals surface area contributed by atoms with E-state index in [9.17, 15) is 15.0 Å². The second kappa shape index (κ2) is 5.21. The summed E-state index contributed by atoms with van der Waals surface area (Å²) in [7, 11) is 1.17. The van der Waals surface area contributed by atoms with Gasteiger partial charge in [-0.3, -0.25) is 0 Å². The van der Waals surface area contributed by atoms with E-state index in [0.29, 0.717) is 0 Å².